The van der Waals surface area contributed by atoms with Gasteiger partial charge in [-0.05, 0) is 30.3 Å². The maximum Gasteiger partial charge on any atom is 0.238 e. The van der Waals surface area contributed by atoms with Crippen molar-refractivity contribution in [2.75, 3.05) is 45.2 Å². The minimum Gasteiger partial charge on any atom is -0.495 e. The number of pyridine rings is 1. The number of amides is 1. The van der Waals surface area contributed by atoms with Gasteiger partial charge in [0.1, 0.15) is 11.6 Å². The van der Waals surface area contributed by atoms with Gasteiger partial charge in [-0.1, -0.05) is 11.6 Å². The molecule has 144 valence electrons. The molecular weight excluding hydrogens is 371 g/mol. The summed E-state index contributed by atoms with van der Waals surface area (Å²) in [5, 5.41) is 3.37. The van der Waals surface area contributed by atoms with Crippen molar-refractivity contribution in [3.63, 3.8) is 0 Å². The van der Waals surface area contributed by atoms with Crippen LogP contribution in [0.3, 0.4) is 0 Å². The van der Waals surface area contributed by atoms with Crippen molar-refractivity contribution in [3.8, 4) is 5.75 Å². The second-order valence-electron chi connectivity index (χ2n) is 6.38. The van der Waals surface area contributed by atoms with E-state index in [1.165, 1.54) is 6.07 Å². The molecule has 8 heteroatoms. The molecule has 0 aliphatic carbocycles. The van der Waals surface area contributed by atoms with Gasteiger partial charge in [-0.2, -0.15) is 0 Å². The Balaban J connectivity index is 1.48. The van der Waals surface area contributed by atoms with E-state index in [1.54, 1.807) is 37.6 Å². The van der Waals surface area contributed by atoms with E-state index in [2.05, 4.69) is 20.1 Å². The van der Waals surface area contributed by atoms with Crippen molar-refractivity contribution < 1.29 is 13.9 Å². The highest BCUT2D eigenvalue weighted by Gasteiger charge is 2.20. The van der Waals surface area contributed by atoms with Crippen LogP contribution < -0.4 is 10.1 Å². The molecule has 1 aliphatic rings. The van der Waals surface area contributed by atoms with Crippen molar-refractivity contribution in [1.82, 2.24) is 14.8 Å². The molecule has 0 radical (unpaired) electrons. The number of nitrogens with one attached hydrogen (secondary N) is 1. The van der Waals surface area contributed by atoms with Crippen LogP contribution in [0.1, 0.15) is 5.69 Å². The third-order valence-electron chi connectivity index (χ3n) is 4.48. The van der Waals surface area contributed by atoms with Gasteiger partial charge in [0.05, 0.1) is 25.0 Å². The average Bonchev–Trinajstić information content (AvgIpc) is 2.65. The number of hydrogen-bond acceptors (Lipinski definition) is 5. The Morgan fingerprint density at radius 3 is 2.70 bits per heavy atom. The lowest BCUT2D eigenvalue weighted by molar-refractivity contribution is -0.117. The van der Waals surface area contributed by atoms with Crippen LogP contribution >= 0.6 is 11.6 Å². The fraction of sp³-hybridized carbons (Fsp3) is 0.368. The van der Waals surface area contributed by atoms with E-state index in [0.29, 0.717) is 28.7 Å². The van der Waals surface area contributed by atoms with E-state index in [1.807, 2.05) is 0 Å². The van der Waals surface area contributed by atoms with Crippen LogP contribution in [0.4, 0.5) is 10.1 Å². The third-order valence-corrected chi connectivity index (χ3v) is 4.71. The molecule has 0 unspecified atom stereocenters. The molecule has 2 aromatic rings. The van der Waals surface area contributed by atoms with Gasteiger partial charge in [0, 0.05) is 43.9 Å². The van der Waals surface area contributed by atoms with Crippen LogP contribution in [-0.2, 0) is 11.3 Å². The lowest BCUT2D eigenvalue weighted by Crippen LogP contribution is -2.48. The molecule has 1 aromatic carbocycles. The Bertz CT molecular complexity index is 797. The minimum absolute atomic E-state index is 0.125. The summed E-state index contributed by atoms with van der Waals surface area (Å²) in [5.74, 6) is 0.157. The second-order valence-corrected chi connectivity index (χ2v) is 6.81. The molecule has 3 rings (SSSR count). The molecular formula is C19H22ClFN4O2. The molecule has 1 fully saturated rings. The third kappa shape index (κ3) is 5.38. The lowest BCUT2D eigenvalue weighted by atomic mass is 10.2. The van der Waals surface area contributed by atoms with Gasteiger partial charge >= 0.3 is 0 Å². The molecule has 0 bridgehead atoms. The molecule has 6 nitrogen and oxygen atoms in total. The fourth-order valence-electron chi connectivity index (χ4n) is 3.02. The molecule has 0 atom stereocenters. The number of aromatic nitrogens is 1. The van der Waals surface area contributed by atoms with Gasteiger partial charge in [-0.15, -0.1) is 0 Å². The molecule has 1 N–H and O–H groups in total. The molecule has 0 spiro atoms. The number of anilines is 1. The van der Waals surface area contributed by atoms with Crippen molar-refractivity contribution in [1.29, 1.82) is 0 Å². The summed E-state index contributed by atoms with van der Waals surface area (Å²) in [6.07, 6.45) is 1.60. The summed E-state index contributed by atoms with van der Waals surface area (Å²) < 4.78 is 19.0. The highest BCUT2D eigenvalue weighted by atomic mass is 35.5. The van der Waals surface area contributed by atoms with E-state index in [-0.39, 0.29) is 18.3 Å². The van der Waals surface area contributed by atoms with Gasteiger partial charge in [0.15, 0.2) is 0 Å². The van der Waals surface area contributed by atoms with Gasteiger partial charge in [0.25, 0.3) is 0 Å². The molecule has 1 aromatic heterocycles. The summed E-state index contributed by atoms with van der Waals surface area (Å²) in [6.45, 7) is 3.73. The number of carbonyl (C=O) groups is 1. The largest absolute Gasteiger partial charge is 0.495 e. The van der Waals surface area contributed by atoms with E-state index in [4.69, 9.17) is 16.3 Å². The number of hydrogen-bond donors (Lipinski definition) is 1. The minimum atomic E-state index is -0.283. The highest BCUT2D eigenvalue weighted by Crippen LogP contribution is 2.27. The Morgan fingerprint density at radius 1 is 1.26 bits per heavy atom. The highest BCUT2D eigenvalue weighted by molar-refractivity contribution is 6.31. The number of halogens is 2. The predicted octanol–water partition coefficient (Wildman–Crippen LogP) is 2.64. The molecule has 0 saturated carbocycles. The zero-order valence-electron chi connectivity index (χ0n) is 15.1. The zero-order chi connectivity index (χ0) is 19.2. The molecule has 2 heterocycles. The summed E-state index contributed by atoms with van der Waals surface area (Å²) in [7, 11) is 1.54. The Hall–Kier alpha value is -2.22. The number of methoxy groups -OCH3 is 1. The number of ether oxygens (including phenoxy) is 1. The lowest BCUT2D eigenvalue weighted by Gasteiger charge is -2.34. The van der Waals surface area contributed by atoms with E-state index < -0.39 is 0 Å². The Morgan fingerprint density at radius 2 is 2.00 bits per heavy atom. The first-order valence-electron chi connectivity index (χ1n) is 8.72. The first-order valence-corrected chi connectivity index (χ1v) is 9.10. The Labute approximate surface area is 162 Å². The van der Waals surface area contributed by atoms with Crippen molar-refractivity contribution in [3.05, 3.63) is 53.1 Å². The van der Waals surface area contributed by atoms with Crippen LogP contribution in [-0.4, -0.2) is 60.5 Å². The maximum atomic E-state index is 13.7. The van der Waals surface area contributed by atoms with E-state index in [9.17, 15) is 9.18 Å². The van der Waals surface area contributed by atoms with Crippen molar-refractivity contribution in [2.24, 2.45) is 0 Å². The van der Waals surface area contributed by atoms with Crippen molar-refractivity contribution >= 4 is 23.2 Å². The molecule has 27 heavy (non-hydrogen) atoms. The quantitative estimate of drug-likeness (QED) is 0.819. The van der Waals surface area contributed by atoms with Gasteiger partial charge in [-0.3, -0.25) is 19.6 Å². The average molecular weight is 393 g/mol. The van der Waals surface area contributed by atoms with Crippen molar-refractivity contribution in [2.45, 2.75) is 6.54 Å². The summed E-state index contributed by atoms with van der Waals surface area (Å²) in [5.41, 5.74) is 1.01. The fourth-order valence-corrected chi connectivity index (χ4v) is 3.19. The van der Waals surface area contributed by atoms with Crippen LogP contribution in [0.25, 0.3) is 0 Å². The first kappa shape index (κ1) is 19.5. The number of carbonyl (C=O) groups excluding carboxylic acids is 1. The normalized spacial score (nSPS) is 15.5. The maximum absolute atomic E-state index is 13.7. The second kappa shape index (κ2) is 9.12. The predicted molar refractivity (Wildman–Crippen MR) is 103 cm³/mol. The SMILES string of the molecule is COc1ccc(Cl)cc1NC(=O)CN1CCN(Cc2ncccc2F)CC1. The van der Waals surface area contributed by atoms with Crippen LogP contribution in [0.15, 0.2) is 36.5 Å². The summed E-state index contributed by atoms with van der Waals surface area (Å²) in [6, 6.07) is 8.10. The van der Waals surface area contributed by atoms with E-state index in [0.717, 1.165) is 26.2 Å². The molecule has 1 amide bonds. The zero-order valence-corrected chi connectivity index (χ0v) is 15.9. The molecule has 1 aliphatic heterocycles. The van der Waals surface area contributed by atoms with Crippen LogP contribution in [0.5, 0.6) is 5.75 Å². The molecule has 1 saturated heterocycles. The standard InChI is InChI=1S/C19H22ClFN4O2/c1-27-18-5-4-14(20)11-16(18)23-19(26)13-25-9-7-24(8-10-25)12-17-15(21)3-2-6-22-17/h2-6,11H,7-10,12-13H2,1H3,(H,23,26). The first-order chi connectivity index (χ1) is 13.0. The van der Waals surface area contributed by atoms with Crippen LogP contribution in [0, 0.1) is 5.82 Å². The number of rotatable bonds is 6. The number of nitrogens with zero attached hydrogens (tertiary/aromatic N) is 3. The van der Waals surface area contributed by atoms with Gasteiger partial charge < -0.3 is 10.1 Å². The summed E-state index contributed by atoms with van der Waals surface area (Å²) in [4.78, 5) is 20.7. The Kier molecular flexibility index (Phi) is 6.60. The summed E-state index contributed by atoms with van der Waals surface area (Å²) >= 11 is 5.99. The van der Waals surface area contributed by atoms with E-state index >= 15 is 0 Å². The smallest absolute Gasteiger partial charge is 0.238 e. The number of piperazine rings is 1. The number of benzene rings is 1. The monoisotopic (exact) mass is 392 g/mol. The van der Waals surface area contributed by atoms with Gasteiger partial charge in [-0.25, -0.2) is 4.39 Å². The van der Waals surface area contributed by atoms with Crippen LogP contribution in [0.2, 0.25) is 5.02 Å². The topological polar surface area (TPSA) is 57.7 Å². The van der Waals surface area contributed by atoms with Gasteiger partial charge in [0.2, 0.25) is 5.91 Å².